The largest absolute Gasteiger partial charge is 0.481 e. The second-order valence-corrected chi connectivity index (χ2v) is 4.38. The second kappa shape index (κ2) is 6.62. The summed E-state index contributed by atoms with van der Waals surface area (Å²) in [7, 11) is 0. The van der Waals surface area contributed by atoms with Crippen LogP contribution in [0.1, 0.15) is 0 Å². The first-order valence-corrected chi connectivity index (χ1v) is 6.18. The van der Waals surface area contributed by atoms with Gasteiger partial charge in [0.2, 0.25) is 0 Å². The Labute approximate surface area is 114 Å². The van der Waals surface area contributed by atoms with Gasteiger partial charge in [0.05, 0.1) is 19.3 Å². The van der Waals surface area contributed by atoms with Crippen molar-refractivity contribution in [1.29, 1.82) is 0 Å². The first-order chi connectivity index (χ1) is 9.60. The zero-order valence-corrected chi connectivity index (χ0v) is 10.7. The number of hydrogen-bond donors (Lipinski definition) is 1. The minimum Gasteiger partial charge on any atom is -0.481 e. The summed E-state index contributed by atoms with van der Waals surface area (Å²) in [6, 6.07) is 2.88. The van der Waals surface area contributed by atoms with E-state index in [1.165, 1.54) is 4.90 Å². The summed E-state index contributed by atoms with van der Waals surface area (Å²) >= 11 is 0. The van der Waals surface area contributed by atoms with Gasteiger partial charge in [-0.2, -0.15) is 0 Å². The molecule has 0 spiro atoms. The molecule has 1 aromatic carbocycles. The minimum atomic E-state index is -0.854. The van der Waals surface area contributed by atoms with E-state index < -0.39 is 17.7 Å². The monoisotopic (exact) mass is 287 g/mol. The Balaban J connectivity index is 1.88. The molecule has 0 radical (unpaired) electrons. The summed E-state index contributed by atoms with van der Waals surface area (Å²) in [6.45, 7) is 0.481. The van der Waals surface area contributed by atoms with Crippen molar-refractivity contribution >= 4 is 5.91 Å². The summed E-state index contributed by atoms with van der Waals surface area (Å²) in [6.07, 6.45) is -0.407. The van der Waals surface area contributed by atoms with Crippen LogP contribution in [0.2, 0.25) is 0 Å². The maximum Gasteiger partial charge on any atom is 0.260 e. The average molecular weight is 287 g/mol. The van der Waals surface area contributed by atoms with Crippen LogP contribution in [0, 0.1) is 11.6 Å². The molecule has 5 nitrogen and oxygen atoms in total. The lowest BCUT2D eigenvalue weighted by molar-refractivity contribution is -0.142. The molecular weight excluding hydrogens is 272 g/mol. The number of aliphatic hydroxyl groups excluding tert-OH is 1. The fraction of sp³-hybridized carbons (Fsp3) is 0.462. The normalized spacial score (nSPS) is 18.9. The van der Waals surface area contributed by atoms with E-state index in [2.05, 4.69) is 0 Å². The topological polar surface area (TPSA) is 59.0 Å². The number of ether oxygens (including phenoxy) is 2. The molecule has 1 N–H and O–H groups in total. The van der Waals surface area contributed by atoms with Crippen molar-refractivity contribution in [3.63, 3.8) is 0 Å². The van der Waals surface area contributed by atoms with Crippen LogP contribution in [0.4, 0.5) is 8.78 Å². The van der Waals surface area contributed by atoms with Crippen LogP contribution in [0.5, 0.6) is 5.75 Å². The van der Waals surface area contributed by atoms with Gasteiger partial charge in [0.1, 0.15) is 5.82 Å². The number of amides is 1. The van der Waals surface area contributed by atoms with Crippen molar-refractivity contribution in [2.75, 3.05) is 32.9 Å². The fourth-order valence-electron chi connectivity index (χ4n) is 1.88. The van der Waals surface area contributed by atoms with Gasteiger partial charge >= 0.3 is 0 Å². The van der Waals surface area contributed by atoms with Crippen LogP contribution in [0.3, 0.4) is 0 Å². The lowest BCUT2D eigenvalue weighted by Gasteiger charge is -2.31. The molecule has 1 aliphatic rings. The molecule has 1 saturated heterocycles. The quantitative estimate of drug-likeness (QED) is 0.879. The van der Waals surface area contributed by atoms with E-state index >= 15 is 0 Å². The van der Waals surface area contributed by atoms with E-state index in [1.807, 2.05) is 0 Å². The first-order valence-electron chi connectivity index (χ1n) is 6.18. The molecule has 1 aromatic rings. The van der Waals surface area contributed by atoms with Crippen molar-refractivity contribution in [1.82, 2.24) is 4.90 Å². The van der Waals surface area contributed by atoms with E-state index in [-0.39, 0.29) is 31.4 Å². The predicted octanol–water partition coefficient (Wildman–Crippen LogP) is 0.563. The van der Waals surface area contributed by atoms with Gasteiger partial charge in [0.15, 0.2) is 18.2 Å². The molecule has 1 unspecified atom stereocenters. The van der Waals surface area contributed by atoms with E-state index in [1.54, 1.807) is 0 Å². The number of carbonyl (C=O) groups is 1. The molecule has 0 saturated carbocycles. The van der Waals surface area contributed by atoms with Crippen LogP contribution in [0.25, 0.3) is 0 Å². The number of hydrogen-bond acceptors (Lipinski definition) is 4. The van der Waals surface area contributed by atoms with Crippen LogP contribution < -0.4 is 4.74 Å². The van der Waals surface area contributed by atoms with Gasteiger partial charge in [-0.15, -0.1) is 0 Å². The molecule has 0 bridgehead atoms. The third-order valence-electron chi connectivity index (χ3n) is 2.94. The predicted molar refractivity (Wildman–Crippen MR) is 65.3 cm³/mol. The van der Waals surface area contributed by atoms with Gasteiger partial charge in [-0.1, -0.05) is 0 Å². The van der Waals surface area contributed by atoms with E-state index in [4.69, 9.17) is 14.6 Å². The van der Waals surface area contributed by atoms with Gasteiger partial charge < -0.3 is 19.5 Å². The average Bonchev–Trinajstić information content (AvgIpc) is 2.46. The van der Waals surface area contributed by atoms with E-state index in [9.17, 15) is 13.6 Å². The lowest BCUT2D eigenvalue weighted by atomic mass is 10.3. The van der Waals surface area contributed by atoms with Crippen LogP contribution in [-0.4, -0.2) is 54.9 Å². The molecule has 20 heavy (non-hydrogen) atoms. The highest BCUT2D eigenvalue weighted by atomic mass is 19.1. The van der Waals surface area contributed by atoms with Gasteiger partial charge in [-0.05, 0) is 12.1 Å². The maximum absolute atomic E-state index is 13.3. The summed E-state index contributed by atoms with van der Waals surface area (Å²) < 4.78 is 36.3. The van der Waals surface area contributed by atoms with Crippen molar-refractivity contribution in [3.8, 4) is 5.75 Å². The number of halogens is 2. The van der Waals surface area contributed by atoms with Crippen molar-refractivity contribution in [3.05, 3.63) is 29.8 Å². The maximum atomic E-state index is 13.3. The number of aliphatic hydroxyl groups is 1. The molecule has 1 aliphatic heterocycles. The number of carbonyl (C=O) groups excluding carboxylic acids is 1. The van der Waals surface area contributed by atoms with E-state index in [0.717, 1.165) is 12.1 Å². The summed E-state index contributed by atoms with van der Waals surface area (Å²) in [5.74, 6) is -2.07. The van der Waals surface area contributed by atoms with E-state index in [0.29, 0.717) is 19.2 Å². The molecule has 1 fully saturated rings. The Kier molecular flexibility index (Phi) is 4.86. The Bertz CT molecular complexity index is 483. The van der Waals surface area contributed by atoms with Gasteiger partial charge in [0, 0.05) is 19.2 Å². The third kappa shape index (κ3) is 3.64. The fourth-order valence-corrected chi connectivity index (χ4v) is 1.88. The Morgan fingerprint density at radius 1 is 1.50 bits per heavy atom. The molecule has 1 amide bonds. The molecule has 2 rings (SSSR count). The lowest BCUT2D eigenvalue weighted by Crippen LogP contribution is -2.48. The Hall–Kier alpha value is -1.73. The molecular formula is C13H15F2NO4. The first kappa shape index (κ1) is 14.7. The highest BCUT2D eigenvalue weighted by Gasteiger charge is 2.24. The van der Waals surface area contributed by atoms with Crippen molar-refractivity contribution in [2.24, 2.45) is 0 Å². The summed E-state index contributed by atoms with van der Waals surface area (Å²) in [4.78, 5) is 13.4. The number of rotatable bonds is 4. The Morgan fingerprint density at radius 3 is 3.00 bits per heavy atom. The smallest absolute Gasteiger partial charge is 0.260 e. The number of morpholine rings is 1. The Morgan fingerprint density at radius 2 is 2.30 bits per heavy atom. The molecule has 7 heteroatoms. The summed E-state index contributed by atoms with van der Waals surface area (Å²) in [5, 5.41) is 8.98. The molecule has 1 heterocycles. The zero-order chi connectivity index (χ0) is 14.5. The van der Waals surface area contributed by atoms with Gasteiger partial charge in [0.25, 0.3) is 5.91 Å². The van der Waals surface area contributed by atoms with Crippen molar-refractivity contribution in [2.45, 2.75) is 6.10 Å². The number of nitrogens with zero attached hydrogens (tertiary/aromatic N) is 1. The molecule has 0 aliphatic carbocycles. The zero-order valence-electron chi connectivity index (χ0n) is 10.7. The highest BCUT2D eigenvalue weighted by Crippen LogP contribution is 2.17. The third-order valence-corrected chi connectivity index (χ3v) is 2.94. The van der Waals surface area contributed by atoms with Gasteiger partial charge in [-0.3, -0.25) is 4.79 Å². The van der Waals surface area contributed by atoms with Crippen LogP contribution in [0.15, 0.2) is 18.2 Å². The molecule has 110 valence electrons. The highest BCUT2D eigenvalue weighted by molar-refractivity contribution is 5.77. The number of benzene rings is 1. The summed E-state index contributed by atoms with van der Waals surface area (Å²) in [5.41, 5.74) is 0. The van der Waals surface area contributed by atoms with Crippen LogP contribution >= 0.6 is 0 Å². The van der Waals surface area contributed by atoms with Gasteiger partial charge in [-0.25, -0.2) is 8.78 Å². The second-order valence-electron chi connectivity index (χ2n) is 4.38. The standard InChI is InChI=1S/C13H15F2NO4/c14-9-1-2-12(11(15)5-9)20-8-13(18)16-3-4-19-10(6-16)7-17/h1-2,5,10,17H,3-4,6-8H2. The SMILES string of the molecule is O=C(COc1ccc(F)cc1F)N1CCOC(CO)C1. The van der Waals surface area contributed by atoms with Crippen molar-refractivity contribution < 1.29 is 28.2 Å². The molecule has 0 aromatic heterocycles. The minimum absolute atomic E-state index is 0.169. The van der Waals surface area contributed by atoms with Crippen LogP contribution in [-0.2, 0) is 9.53 Å². The molecule has 1 atom stereocenters.